The molecule has 0 aliphatic heterocycles. The third kappa shape index (κ3) is 2.87. The standard InChI is InChI=1S/C22H32B4O.CH4/c1-4-5-13-6-8-15-14-7-9-17-20(3,16(14)10-11-19(13,15)2)12-21(23,24)18(27)22(17,25)26;/h13-17H,4-12H2,1-3H3;1H4/t13?,14-,15?,16?,17-,19+,20+;/m0./s1. The van der Waals surface area contributed by atoms with E-state index in [1.807, 2.05) is 0 Å². The van der Waals surface area contributed by atoms with E-state index in [1.54, 1.807) is 0 Å². The minimum Gasteiger partial charge on any atom is -0.302 e. The fourth-order valence-corrected chi connectivity index (χ4v) is 8.70. The van der Waals surface area contributed by atoms with Gasteiger partial charge in [-0.3, -0.25) is 0 Å². The average molecular weight is 372 g/mol. The van der Waals surface area contributed by atoms with Crippen LogP contribution in [0.3, 0.4) is 0 Å². The summed E-state index contributed by atoms with van der Waals surface area (Å²) in [6, 6.07) is 0. The van der Waals surface area contributed by atoms with Crippen molar-refractivity contribution in [2.45, 2.75) is 96.4 Å². The average Bonchev–Trinajstić information content (AvgIpc) is 2.90. The summed E-state index contributed by atoms with van der Waals surface area (Å²) >= 11 is 0. The molecular weight excluding hydrogens is 336 g/mol. The lowest BCUT2D eigenvalue weighted by Crippen LogP contribution is -2.61. The van der Waals surface area contributed by atoms with Gasteiger partial charge in [-0.2, -0.15) is 0 Å². The maximum absolute atomic E-state index is 12.8. The Morgan fingerprint density at radius 2 is 1.57 bits per heavy atom. The van der Waals surface area contributed by atoms with E-state index < -0.39 is 10.4 Å². The molecule has 4 aliphatic carbocycles. The van der Waals surface area contributed by atoms with Crippen LogP contribution in [0, 0.1) is 40.4 Å². The molecule has 4 saturated carbocycles. The highest BCUT2D eigenvalue weighted by Gasteiger charge is 2.64. The van der Waals surface area contributed by atoms with Gasteiger partial charge in [0.15, 0.2) is 0 Å². The first-order chi connectivity index (χ1) is 12.5. The molecule has 1 nitrogen and oxygen atoms in total. The zero-order valence-electron chi connectivity index (χ0n) is 17.5. The van der Waals surface area contributed by atoms with Gasteiger partial charge in [-0.15, -0.1) is 0 Å². The SMILES string of the molecule is C.[B]C1([B])C[C@]2(C)C3CC[C@]4(C)C(CCC)CCC4[C@@H]3CC[C@@H]2C([B])([B])C1=O. The topological polar surface area (TPSA) is 17.1 Å². The predicted octanol–water partition coefficient (Wildman–Crippen LogP) is 4.78. The number of fused-ring (bicyclic) bond motifs is 5. The smallest absolute Gasteiger partial charge is 0.111 e. The molecule has 0 aromatic carbocycles. The first-order valence-electron chi connectivity index (χ1n) is 11.2. The second-order valence-electron chi connectivity index (χ2n) is 11.1. The van der Waals surface area contributed by atoms with Crippen LogP contribution >= 0.6 is 0 Å². The Kier molecular flexibility index (Phi) is 5.64. The highest BCUT2D eigenvalue weighted by atomic mass is 16.1. The molecule has 4 fully saturated rings. The Hall–Kier alpha value is -0.0703. The summed E-state index contributed by atoms with van der Waals surface area (Å²) in [5.41, 5.74) is 0.337. The summed E-state index contributed by atoms with van der Waals surface area (Å²) in [6.45, 7) is 7.16. The summed E-state index contributed by atoms with van der Waals surface area (Å²) in [7, 11) is 25.4. The van der Waals surface area contributed by atoms with E-state index in [9.17, 15) is 4.79 Å². The van der Waals surface area contributed by atoms with E-state index in [0.717, 1.165) is 24.7 Å². The van der Waals surface area contributed by atoms with Crippen molar-refractivity contribution in [2.75, 3.05) is 0 Å². The summed E-state index contributed by atoms with van der Waals surface area (Å²) in [6.07, 6.45) is 10.5. The molecule has 0 bridgehead atoms. The molecule has 8 radical (unpaired) electrons. The Balaban J connectivity index is 0.00000225. The van der Waals surface area contributed by atoms with E-state index >= 15 is 0 Å². The summed E-state index contributed by atoms with van der Waals surface area (Å²) < 4.78 is 0. The van der Waals surface area contributed by atoms with Crippen LogP contribution in [0.1, 0.15) is 86.0 Å². The number of hydrogen-bond acceptors (Lipinski definition) is 1. The molecule has 5 heteroatoms. The number of carbonyl (C=O) groups is 1. The summed E-state index contributed by atoms with van der Waals surface area (Å²) in [5, 5.41) is -2.81. The molecule has 0 N–H and O–H groups in total. The largest absolute Gasteiger partial charge is 0.302 e. The van der Waals surface area contributed by atoms with Crippen LogP contribution in [0.5, 0.6) is 0 Å². The number of Topliss-reactive ketones (excluding diaryl/α,β-unsaturated/α-hetero) is 1. The van der Waals surface area contributed by atoms with Crippen LogP contribution in [-0.4, -0.2) is 37.2 Å². The quantitative estimate of drug-likeness (QED) is 0.639. The van der Waals surface area contributed by atoms with Crippen molar-refractivity contribution in [3.63, 3.8) is 0 Å². The van der Waals surface area contributed by atoms with Crippen molar-refractivity contribution in [2.24, 2.45) is 40.4 Å². The first kappa shape index (κ1) is 22.6. The maximum Gasteiger partial charge on any atom is 0.111 e. The van der Waals surface area contributed by atoms with Gasteiger partial charge in [-0.05, 0) is 83.0 Å². The van der Waals surface area contributed by atoms with Gasteiger partial charge in [0.25, 0.3) is 0 Å². The molecule has 4 rings (SSSR count). The monoisotopic (exact) mass is 372 g/mol. The molecule has 0 heterocycles. The lowest BCUT2D eigenvalue weighted by molar-refractivity contribution is -0.144. The highest BCUT2D eigenvalue weighted by molar-refractivity contribution is 6.62. The van der Waals surface area contributed by atoms with Crippen molar-refractivity contribution in [3.05, 3.63) is 0 Å². The van der Waals surface area contributed by atoms with E-state index in [4.69, 9.17) is 31.4 Å². The molecule has 7 atom stereocenters. The molecule has 0 amide bonds. The number of rotatable bonds is 2. The fraction of sp³-hybridized carbons (Fsp3) is 0.957. The Morgan fingerprint density at radius 3 is 2.21 bits per heavy atom. The molecule has 28 heavy (non-hydrogen) atoms. The number of carbonyl (C=O) groups excluding carboxylic acids is 1. The van der Waals surface area contributed by atoms with Crippen LogP contribution < -0.4 is 0 Å². The van der Waals surface area contributed by atoms with Crippen LogP contribution in [0.2, 0.25) is 10.4 Å². The molecule has 3 unspecified atom stereocenters. The summed E-state index contributed by atoms with van der Waals surface area (Å²) in [5.74, 6) is 2.51. The van der Waals surface area contributed by atoms with Gasteiger partial charge >= 0.3 is 0 Å². The zero-order valence-corrected chi connectivity index (χ0v) is 17.5. The van der Waals surface area contributed by atoms with Gasteiger partial charge in [0.1, 0.15) is 5.78 Å². The number of ketones is 1. The molecule has 0 aromatic heterocycles. The van der Waals surface area contributed by atoms with Crippen molar-refractivity contribution < 1.29 is 4.79 Å². The van der Waals surface area contributed by atoms with E-state index in [0.29, 0.717) is 23.7 Å². The van der Waals surface area contributed by atoms with Gasteiger partial charge in [-0.25, -0.2) is 0 Å². The van der Waals surface area contributed by atoms with Crippen molar-refractivity contribution in [1.29, 1.82) is 0 Å². The zero-order chi connectivity index (χ0) is 19.8. The first-order valence-corrected chi connectivity index (χ1v) is 11.2. The molecule has 0 aromatic rings. The van der Waals surface area contributed by atoms with Gasteiger partial charge in [0, 0.05) is 0 Å². The van der Waals surface area contributed by atoms with Gasteiger partial charge in [0.05, 0.1) is 31.4 Å². The highest BCUT2D eigenvalue weighted by Crippen LogP contribution is 2.71. The molecule has 0 spiro atoms. The van der Waals surface area contributed by atoms with E-state index in [1.165, 1.54) is 38.5 Å². The predicted molar refractivity (Wildman–Crippen MR) is 121 cm³/mol. The molecule has 4 aliphatic rings. The van der Waals surface area contributed by atoms with Gasteiger partial charge in [0.2, 0.25) is 0 Å². The van der Waals surface area contributed by atoms with Gasteiger partial charge in [-0.1, -0.05) is 53.9 Å². The summed E-state index contributed by atoms with van der Waals surface area (Å²) in [4.78, 5) is 12.8. The van der Waals surface area contributed by atoms with Gasteiger partial charge < -0.3 is 4.79 Å². The van der Waals surface area contributed by atoms with E-state index in [2.05, 4.69) is 20.8 Å². The van der Waals surface area contributed by atoms with Crippen LogP contribution in [0.15, 0.2) is 0 Å². The lowest BCUT2D eigenvalue weighted by atomic mass is 9.25. The third-order valence-corrected chi connectivity index (χ3v) is 9.77. The van der Waals surface area contributed by atoms with Crippen LogP contribution in [-0.2, 0) is 4.79 Å². The molecule has 146 valence electrons. The third-order valence-electron chi connectivity index (χ3n) is 9.77. The maximum atomic E-state index is 12.8. The Labute approximate surface area is 179 Å². The van der Waals surface area contributed by atoms with Crippen molar-refractivity contribution in [1.82, 2.24) is 0 Å². The Bertz CT molecular complexity index is 632. The number of hydrogen-bond donors (Lipinski definition) is 0. The van der Waals surface area contributed by atoms with E-state index in [-0.39, 0.29) is 24.5 Å². The minimum atomic E-state index is -1.40. The molecule has 0 saturated heterocycles. The normalized spacial score (nSPS) is 48.7. The molecular formula is C23H36B4O. The Morgan fingerprint density at radius 1 is 0.929 bits per heavy atom. The second kappa shape index (κ2) is 6.98. The van der Waals surface area contributed by atoms with Crippen molar-refractivity contribution in [3.8, 4) is 0 Å². The van der Waals surface area contributed by atoms with Crippen molar-refractivity contribution >= 4 is 37.2 Å². The lowest BCUT2D eigenvalue weighted by Gasteiger charge is -2.66. The second-order valence-corrected chi connectivity index (χ2v) is 11.1. The minimum absolute atomic E-state index is 0. The van der Waals surface area contributed by atoms with Crippen LogP contribution in [0.25, 0.3) is 0 Å². The van der Waals surface area contributed by atoms with Crippen LogP contribution in [0.4, 0.5) is 0 Å². The fourth-order valence-electron chi connectivity index (χ4n) is 8.70.